The summed E-state index contributed by atoms with van der Waals surface area (Å²) in [6, 6.07) is 0. The van der Waals surface area contributed by atoms with Crippen molar-refractivity contribution < 1.29 is 4.74 Å². The second-order valence-corrected chi connectivity index (χ2v) is 2.84. The third-order valence-corrected chi connectivity index (χ3v) is 1.80. The van der Waals surface area contributed by atoms with Crippen LogP contribution in [0, 0.1) is 0 Å². The maximum atomic E-state index is 5.02. The van der Waals surface area contributed by atoms with E-state index in [1.165, 1.54) is 0 Å². The molecule has 0 radical (unpaired) electrons. The van der Waals surface area contributed by atoms with Gasteiger partial charge < -0.3 is 4.74 Å². The Morgan fingerprint density at radius 3 is 2.25 bits per heavy atom. The number of ether oxygens (including phenoxy) is 1. The van der Waals surface area contributed by atoms with Crippen molar-refractivity contribution in [2.45, 2.75) is 26.0 Å². The maximum Gasteiger partial charge on any atom is 0.0924 e. The quantitative estimate of drug-likeness (QED) is 0.502. The summed E-state index contributed by atoms with van der Waals surface area (Å²) in [5.74, 6) is 0.904. The maximum absolute atomic E-state index is 5.02. The second kappa shape index (κ2) is 5.45. The van der Waals surface area contributed by atoms with E-state index in [1.54, 1.807) is 0 Å². The third kappa shape index (κ3) is 3.33. The van der Waals surface area contributed by atoms with Crippen molar-refractivity contribution in [2.75, 3.05) is 12.5 Å². The smallest absolute Gasteiger partial charge is 0.0924 e. The molecule has 0 aromatic rings. The summed E-state index contributed by atoms with van der Waals surface area (Å²) < 4.78 is 5.02. The van der Waals surface area contributed by atoms with E-state index in [-0.39, 0.29) is 0 Å². The van der Waals surface area contributed by atoms with E-state index in [4.69, 9.17) is 4.74 Å². The monoisotopic (exact) mass is 134 g/mol. The van der Waals surface area contributed by atoms with E-state index in [2.05, 4.69) is 6.92 Å². The van der Waals surface area contributed by atoms with Crippen molar-refractivity contribution in [3.8, 4) is 0 Å². The Kier molecular flexibility index (Phi) is 5.66. The first-order valence-electron chi connectivity index (χ1n) is 3.09. The van der Waals surface area contributed by atoms with Gasteiger partial charge in [-0.1, -0.05) is 20.8 Å². The lowest BCUT2D eigenvalue weighted by Gasteiger charge is -1.88. The molecule has 0 aliphatic carbocycles. The Hall–Kier alpha value is 0.310. The van der Waals surface area contributed by atoms with Gasteiger partial charge in [-0.25, -0.2) is 0 Å². The van der Waals surface area contributed by atoms with Crippen LogP contribution in [0.3, 0.4) is 0 Å². The highest BCUT2D eigenvalue weighted by Crippen LogP contribution is 2.17. The van der Waals surface area contributed by atoms with Crippen molar-refractivity contribution in [1.29, 1.82) is 0 Å². The fraction of sp³-hybridized carbons (Fsp3) is 1.00. The normalized spacial score (nSPS) is 26.6. The molecule has 1 saturated heterocycles. The molecule has 0 amide bonds. The molecule has 1 atom stereocenters. The summed E-state index contributed by atoms with van der Waals surface area (Å²) in [7, 11) is 0. The lowest BCUT2D eigenvalue weighted by atomic mass is 10.5. The first-order chi connectivity index (χ1) is 3.89. The van der Waals surface area contributed by atoms with Gasteiger partial charge in [0.05, 0.1) is 12.5 Å². The number of thioether (sulfide) groups is 1. The van der Waals surface area contributed by atoms with E-state index in [9.17, 15) is 0 Å². The van der Waals surface area contributed by atoms with E-state index in [0.717, 1.165) is 17.8 Å². The van der Waals surface area contributed by atoms with Crippen LogP contribution >= 0.6 is 11.8 Å². The summed E-state index contributed by atoms with van der Waals surface area (Å²) in [6.07, 6.45) is 0. The molecule has 0 spiro atoms. The minimum absolute atomic E-state index is 0.741. The summed E-state index contributed by atoms with van der Waals surface area (Å²) in [5.41, 5.74) is 0. The predicted molar refractivity (Wildman–Crippen MR) is 39.2 cm³/mol. The largest absolute Gasteiger partial charge is 0.370 e. The van der Waals surface area contributed by atoms with E-state index >= 15 is 0 Å². The Labute approximate surface area is 55.8 Å². The molecule has 0 aromatic carbocycles. The summed E-state index contributed by atoms with van der Waals surface area (Å²) in [4.78, 5) is 0. The van der Waals surface area contributed by atoms with Crippen LogP contribution in [-0.4, -0.2) is 17.8 Å². The number of hydrogen-bond acceptors (Lipinski definition) is 2. The van der Waals surface area contributed by atoms with Crippen LogP contribution in [0.4, 0.5) is 0 Å². The summed E-state index contributed by atoms with van der Waals surface area (Å²) in [5, 5.41) is 0.741. The molecule has 8 heavy (non-hydrogen) atoms. The minimum Gasteiger partial charge on any atom is -0.370 e. The summed E-state index contributed by atoms with van der Waals surface area (Å²) in [6.45, 7) is 7.13. The number of hydrogen-bond donors (Lipinski definition) is 0. The van der Waals surface area contributed by atoms with Crippen molar-refractivity contribution in [3.63, 3.8) is 0 Å². The molecule has 0 saturated carbocycles. The van der Waals surface area contributed by atoms with Gasteiger partial charge in [0, 0.05) is 5.25 Å². The zero-order valence-electron chi connectivity index (χ0n) is 5.81. The molecule has 1 unspecified atom stereocenters. The van der Waals surface area contributed by atoms with Crippen molar-refractivity contribution >= 4 is 11.8 Å². The fourth-order valence-electron chi connectivity index (χ4n) is 0.426. The Balaban J connectivity index is 0.000000222. The molecule has 1 aliphatic heterocycles. The van der Waals surface area contributed by atoms with Crippen molar-refractivity contribution in [1.82, 2.24) is 0 Å². The molecular formula is C6H14OS. The molecule has 1 nitrogen and oxygen atoms in total. The Bertz CT molecular complexity index is 41.8. The average molecular weight is 134 g/mol. The van der Waals surface area contributed by atoms with Gasteiger partial charge in [0.25, 0.3) is 0 Å². The number of rotatable bonds is 0. The lowest BCUT2D eigenvalue weighted by molar-refractivity contribution is 0.206. The molecule has 1 fully saturated rings. The molecule has 2 heteroatoms. The standard InChI is InChI=1S/C4H8OS.C2H6/c1-4-2-5-3-6-4;1-2/h4H,2-3H2,1H3;1-2H3. The molecule has 50 valence electrons. The van der Waals surface area contributed by atoms with E-state index in [1.807, 2.05) is 25.6 Å². The highest BCUT2D eigenvalue weighted by atomic mass is 32.2. The van der Waals surface area contributed by atoms with Gasteiger partial charge in [-0.05, 0) is 0 Å². The van der Waals surface area contributed by atoms with Crippen LogP contribution in [0.1, 0.15) is 20.8 Å². The van der Waals surface area contributed by atoms with Crippen LogP contribution in [0.25, 0.3) is 0 Å². The van der Waals surface area contributed by atoms with Gasteiger partial charge in [0.15, 0.2) is 0 Å². The van der Waals surface area contributed by atoms with Gasteiger partial charge >= 0.3 is 0 Å². The molecule has 0 bridgehead atoms. The minimum atomic E-state index is 0.741. The van der Waals surface area contributed by atoms with Crippen LogP contribution < -0.4 is 0 Å². The molecule has 0 aromatic heterocycles. The van der Waals surface area contributed by atoms with Gasteiger partial charge in [-0.15, -0.1) is 11.8 Å². The van der Waals surface area contributed by atoms with Crippen molar-refractivity contribution in [3.05, 3.63) is 0 Å². The molecule has 1 aliphatic rings. The third-order valence-electron chi connectivity index (χ3n) is 0.788. The van der Waals surface area contributed by atoms with Gasteiger partial charge in [-0.3, -0.25) is 0 Å². The molecule has 0 N–H and O–H groups in total. The molecular weight excluding hydrogens is 120 g/mol. The van der Waals surface area contributed by atoms with Crippen LogP contribution in [0.5, 0.6) is 0 Å². The Morgan fingerprint density at radius 1 is 1.50 bits per heavy atom. The predicted octanol–water partition coefficient (Wildman–Crippen LogP) is 2.12. The van der Waals surface area contributed by atoms with Crippen LogP contribution in [0.15, 0.2) is 0 Å². The zero-order valence-corrected chi connectivity index (χ0v) is 6.62. The van der Waals surface area contributed by atoms with Crippen molar-refractivity contribution in [2.24, 2.45) is 0 Å². The first-order valence-corrected chi connectivity index (χ1v) is 4.14. The van der Waals surface area contributed by atoms with Gasteiger partial charge in [-0.2, -0.15) is 0 Å². The first kappa shape index (κ1) is 8.31. The van der Waals surface area contributed by atoms with Crippen LogP contribution in [-0.2, 0) is 4.74 Å². The average Bonchev–Trinajstić information content (AvgIpc) is 2.24. The van der Waals surface area contributed by atoms with Gasteiger partial charge in [0.1, 0.15) is 0 Å². The van der Waals surface area contributed by atoms with E-state index < -0.39 is 0 Å². The molecule has 1 heterocycles. The van der Waals surface area contributed by atoms with Crippen LogP contribution in [0.2, 0.25) is 0 Å². The topological polar surface area (TPSA) is 9.23 Å². The lowest BCUT2D eigenvalue weighted by Crippen LogP contribution is -1.93. The highest BCUT2D eigenvalue weighted by molar-refractivity contribution is 7.99. The highest BCUT2D eigenvalue weighted by Gasteiger charge is 2.08. The Morgan fingerprint density at radius 2 is 2.12 bits per heavy atom. The molecule has 1 rings (SSSR count). The second-order valence-electron chi connectivity index (χ2n) is 1.47. The van der Waals surface area contributed by atoms with E-state index in [0.29, 0.717) is 0 Å². The SMILES string of the molecule is CC.CC1COCS1. The summed E-state index contributed by atoms with van der Waals surface area (Å²) >= 11 is 1.87. The fourth-order valence-corrected chi connectivity index (χ4v) is 1.04. The van der Waals surface area contributed by atoms with Gasteiger partial charge in [0.2, 0.25) is 0 Å². The zero-order chi connectivity index (χ0) is 6.41.